The summed E-state index contributed by atoms with van der Waals surface area (Å²) in [5.74, 6) is -3.11. The number of aromatic amines is 1. The van der Waals surface area contributed by atoms with E-state index in [0.717, 1.165) is 18.9 Å². The fraction of sp³-hybridized carbons (Fsp3) is 0.467. The Balaban J connectivity index is 1.40. The number of amides is 1. The Morgan fingerprint density at radius 3 is 2.22 bits per heavy atom. The van der Waals surface area contributed by atoms with Crippen LogP contribution in [0.4, 0.5) is 39.3 Å². The second kappa shape index (κ2) is 11.7. The van der Waals surface area contributed by atoms with Gasteiger partial charge in [0.2, 0.25) is 11.5 Å². The average molecular weight is 634 g/mol. The molecule has 0 aliphatic carbocycles. The zero-order valence-corrected chi connectivity index (χ0v) is 24.8. The minimum Gasteiger partial charge on any atom is -0.371 e. The van der Waals surface area contributed by atoms with Crippen molar-refractivity contribution in [3.63, 3.8) is 0 Å². The van der Waals surface area contributed by atoms with E-state index in [9.17, 15) is 22.8 Å². The van der Waals surface area contributed by atoms with Gasteiger partial charge in [0.1, 0.15) is 11.5 Å². The lowest BCUT2D eigenvalue weighted by Crippen LogP contribution is -2.55. The lowest BCUT2D eigenvalue weighted by Gasteiger charge is -2.44. The van der Waals surface area contributed by atoms with E-state index in [1.165, 1.54) is 12.4 Å². The maximum atomic E-state index is 16.5. The highest BCUT2D eigenvalue weighted by molar-refractivity contribution is 6.07. The van der Waals surface area contributed by atoms with Crippen molar-refractivity contribution in [3.05, 3.63) is 63.8 Å². The minimum absolute atomic E-state index is 0.0211. The van der Waals surface area contributed by atoms with Crippen LogP contribution in [0.15, 0.2) is 35.5 Å². The molecule has 3 aromatic rings. The number of pyridine rings is 1. The molecule has 4 atom stereocenters. The van der Waals surface area contributed by atoms with Crippen LogP contribution in [0.5, 0.6) is 0 Å². The van der Waals surface area contributed by atoms with Gasteiger partial charge in [-0.1, -0.05) is 0 Å². The Morgan fingerprint density at radius 1 is 1.00 bits per heavy atom. The normalized spacial score (nSPS) is 23.8. The number of carbonyl (C=O) groups excluding carboxylic acids is 1. The number of nitrogens with one attached hydrogen (secondary N) is 2. The van der Waals surface area contributed by atoms with Crippen molar-refractivity contribution in [1.29, 1.82) is 0 Å². The van der Waals surface area contributed by atoms with Gasteiger partial charge in [0.15, 0.2) is 5.82 Å². The molecule has 1 amide bonds. The molecule has 3 saturated heterocycles. The van der Waals surface area contributed by atoms with Crippen LogP contribution in [-0.4, -0.2) is 83.3 Å². The lowest BCUT2D eigenvalue weighted by molar-refractivity contribution is -0.138. The summed E-state index contributed by atoms with van der Waals surface area (Å²) in [5.41, 5.74) is -4.59. The number of H-pyrrole nitrogens is 1. The molecular weight excluding hydrogens is 601 g/mol. The summed E-state index contributed by atoms with van der Waals surface area (Å²) in [4.78, 5) is 41.4. The molecule has 5 heterocycles. The van der Waals surface area contributed by atoms with E-state index in [0.29, 0.717) is 38.3 Å². The number of aromatic nitrogens is 3. The number of piperazine rings is 1. The van der Waals surface area contributed by atoms with Gasteiger partial charge < -0.3 is 24.8 Å². The maximum Gasteiger partial charge on any atom is 0.417 e. The molecule has 0 spiro atoms. The average Bonchev–Trinajstić information content (AvgIpc) is 3.33. The van der Waals surface area contributed by atoms with Crippen molar-refractivity contribution in [3.8, 4) is 11.1 Å². The quantitative estimate of drug-likeness (QED) is 0.402. The zero-order valence-electron chi connectivity index (χ0n) is 24.8. The molecule has 3 aliphatic heterocycles. The largest absolute Gasteiger partial charge is 0.417 e. The Labute approximate surface area is 255 Å². The molecule has 45 heavy (non-hydrogen) atoms. The second-order valence-corrected chi connectivity index (χ2v) is 11.9. The van der Waals surface area contributed by atoms with Crippen LogP contribution >= 0.6 is 0 Å². The predicted octanol–water partition coefficient (Wildman–Crippen LogP) is 4.28. The molecule has 15 heteroatoms. The third-order valence-corrected chi connectivity index (χ3v) is 8.86. The fourth-order valence-corrected chi connectivity index (χ4v) is 6.31. The molecule has 3 aliphatic rings. The molecule has 6 rings (SSSR count). The second-order valence-electron chi connectivity index (χ2n) is 11.9. The number of ether oxygens (including phenoxy) is 1. The summed E-state index contributed by atoms with van der Waals surface area (Å²) in [5, 5.41) is 2.26. The first-order valence-electron chi connectivity index (χ1n) is 14.6. The van der Waals surface area contributed by atoms with Crippen LogP contribution in [0.25, 0.3) is 11.1 Å². The van der Waals surface area contributed by atoms with Gasteiger partial charge in [-0.15, -0.1) is 0 Å². The van der Waals surface area contributed by atoms with Gasteiger partial charge in [0.05, 0.1) is 34.6 Å². The van der Waals surface area contributed by atoms with E-state index in [1.807, 2.05) is 25.8 Å². The van der Waals surface area contributed by atoms with Gasteiger partial charge in [0, 0.05) is 74.5 Å². The first kappa shape index (κ1) is 30.9. The van der Waals surface area contributed by atoms with Crippen molar-refractivity contribution >= 4 is 23.2 Å². The number of hydrogen-bond donors (Lipinski definition) is 2. The molecule has 0 saturated carbocycles. The lowest BCUT2D eigenvalue weighted by atomic mass is 10.0. The summed E-state index contributed by atoms with van der Waals surface area (Å²) in [6, 6.07) is 1.22. The Hall–Kier alpha value is -4.11. The first-order chi connectivity index (χ1) is 21.3. The van der Waals surface area contributed by atoms with Crippen LogP contribution < -0.4 is 20.7 Å². The summed E-state index contributed by atoms with van der Waals surface area (Å²) < 4.78 is 79.4. The number of carbonyl (C=O) groups is 1. The van der Waals surface area contributed by atoms with E-state index < -0.39 is 51.7 Å². The summed E-state index contributed by atoms with van der Waals surface area (Å²) in [7, 11) is 1.92. The van der Waals surface area contributed by atoms with Crippen molar-refractivity contribution in [2.45, 2.75) is 57.2 Å². The highest BCUT2D eigenvalue weighted by atomic mass is 19.4. The first-order valence-corrected chi connectivity index (χ1v) is 14.6. The van der Waals surface area contributed by atoms with Gasteiger partial charge >= 0.3 is 6.18 Å². The minimum atomic E-state index is -5.04. The van der Waals surface area contributed by atoms with E-state index in [4.69, 9.17) is 4.74 Å². The smallest absolute Gasteiger partial charge is 0.371 e. The zero-order chi connectivity index (χ0) is 32.2. The van der Waals surface area contributed by atoms with Crippen LogP contribution in [0.1, 0.15) is 42.6 Å². The number of benzene rings is 1. The number of anilines is 3. The number of alkyl halides is 3. The fourth-order valence-electron chi connectivity index (χ4n) is 6.31. The van der Waals surface area contributed by atoms with Crippen molar-refractivity contribution in [1.82, 2.24) is 19.9 Å². The SMILES string of the molecule is C[C@@H]1CN(c2cc(F)c(-c3cnc(N4CC5CCC(C4)O5)nc3)c(F)c2NC(=O)c2c[nH]c(=O)cc2C(F)(F)F)C[C@H](C)N1C. The monoisotopic (exact) mass is 633 g/mol. The Kier molecular flexibility index (Phi) is 8.01. The molecule has 1 aromatic carbocycles. The standard InChI is InChI=1S/C30H32F5N7O3/c1-15-11-41(12-16(2)40(15)3)23-7-22(31)25(17-8-37-29(38-9-17)42-13-18-4-5-19(14-42)45-18)26(32)27(23)39-28(44)20-10-36-24(43)6-21(20)30(33,34)35/h6-10,15-16,18-19H,4-5,11-14H2,1-3H3,(H,36,43)(H,39,44)/t15-,16+,18?,19?. The van der Waals surface area contributed by atoms with Crippen LogP contribution in [-0.2, 0) is 10.9 Å². The molecule has 10 nitrogen and oxygen atoms in total. The van der Waals surface area contributed by atoms with Crippen molar-refractivity contribution in [2.75, 3.05) is 48.3 Å². The van der Waals surface area contributed by atoms with Gasteiger partial charge in [-0.3, -0.25) is 14.5 Å². The van der Waals surface area contributed by atoms with Gasteiger partial charge in [0.25, 0.3) is 5.91 Å². The highest BCUT2D eigenvalue weighted by Crippen LogP contribution is 2.40. The third kappa shape index (κ3) is 5.98. The van der Waals surface area contributed by atoms with Gasteiger partial charge in [-0.05, 0) is 33.7 Å². The van der Waals surface area contributed by atoms with Crippen molar-refractivity contribution < 1.29 is 31.5 Å². The Morgan fingerprint density at radius 2 is 1.62 bits per heavy atom. The maximum absolute atomic E-state index is 16.5. The number of halogens is 5. The van der Waals surface area contributed by atoms with E-state index in [1.54, 1.807) is 4.90 Å². The number of hydrogen-bond acceptors (Lipinski definition) is 8. The van der Waals surface area contributed by atoms with E-state index in [2.05, 4.69) is 25.2 Å². The van der Waals surface area contributed by atoms with E-state index >= 15 is 8.78 Å². The van der Waals surface area contributed by atoms with Crippen molar-refractivity contribution in [2.24, 2.45) is 0 Å². The molecular formula is C30H32F5N7O3. The molecule has 0 radical (unpaired) electrons. The number of likely N-dealkylation sites (N-methyl/N-ethyl adjacent to an activating group) is 1. The summed E-state index contributed by atoms with van der Waals surface area (Å²) >= 11 is 0. The number of morpholine rings is 1. The molecule has 2 aromatic heterocycles. The highest BCUT2D eigenvalue weighted by Gasteiger charge is 2.38. The molecule has 2 N–H and O–H groups in total. The van der Waals surface area contributed by atoms with Crippen LogP contribution in [0.2, 0.25) is 0 Å². The van der Waals surface area contributed by atoms with Crippen LogP contribution in [0, 0.1) is 11.6 Å². The Bertz CT molecular complexity index is 1640. The summed E-state index contributed by atoms with van der Waals surface area (Å²) in [6.45, 7) is 5.70. The number of fused-ring (bicyclic) bond motifs is 2. The summed E-state index contributed by atoms with van der Waals surface area (Å²) in [6.07, 6.45) is 0.133. The number of nitrogens with zero attached hydrogens (tertiary/aromatic N) is 5. The van der Waals surface area contributed by atoms with Crippen LogP contribution in [0.3, 0.4) is 0 Å². The van der Waals surface area contributed by atoms with E-state index in [-0.39, 0.29) is 41.6 Å². The van der Waals surface area contributed by atoms with Gasteiger partial charge in [-0.2, -0.15) is 13.2 Å². The number of rotatable bonds is 5. The van der Waals surface area contributed by atoms with Gasteiger partial charge in [-0.25, -0.2) is 18.7 Å². The third-order valence-electron chi connectivity index (χ3n) is 8.86. The predicted molar refractivity (Wildman–Crippen MR) is 156 cm³/mol. The molecule has 2 bridgehead atoms. The molecule has 2 unspecified atom stereocenters. The molecule has 240 valence electrons. The topological polar surface area (TPSA) is 107 Å². The molecule has 3 fully saturated rings.